The molecule has 1 amide bonds. The molecule has 3 rings (SSSR count). The molecule has 122 valence electrons. The molecule has 2 heterocycles. The van der Waals surface area contributed by atoms with Crippen LogP contribution in [0.5, 0.6) is 0 Å². The van der Waals surface area contributed by atoms with Crippen molar-refractivity contribution >= 4 is 77.8 Å². The Morgan fingerprint density at radius 3 is 2.50 bits per heavy atom. The van der Waals surface area contributed by atoms with Crippen LogP contribution in [0.4, 0.5) is 5.69 Å². The predicted octanol–water partition coefficient (Wildman–Crippen LogP) is 4.87. The van der Waals surface area contributed by atoms with Gasteiger partial charge in [-0.25, -0.2) is 0 Å². The summed E-state index contributed by atoms with van der Waals surface area (Å²) in [7, 11) is 0. The van der Waals surface area contributed by atoms with Crippen molar-refractivity contribution in [3.05, 3.63) is 54.0 Å². The van der Waals surface area contributed by atoms with E-state index in [2.05, 4.69) is 37.2 Å². The van der Waals surface area contributed by atoms with Gasteiger partial charge in [0.2, 0.25) is 0 Å². The number of furan rings is 1. The first-order chi connectivity index (χ1) is 11.3. The number of carbonyl (C=O) groups is 1. The Morgan fingerprint density at radius 2 is 1.96 bits per heavy atom. The third-order valence-electron chi connectivity index (χ3n) is 3.03. The Balaban J connectivity index is 1.97. The molecule has 0 spiro atoms. The molecule has 0 unspecified atom stereocenters. The van der Waals surface area contributed by atoms with Gasteiger partial charge in [0.15, 0.2) is 0 Å². The highest BCUT2D eigenvalue weighted by Crippen LogP contribution is 2.39. The average Bonchev–Trinajstić information content (AvgIpc) is 3.05. The van der Waals surface area contributed by atoms with Gasteiger partial charge in [0, 0.05) is 32.7 Å². The van der Waals surface area contributed by atoms with Gasteiger partial charge < -0.3 is 9.73 Å². The number of halogens is 2. The molecule has 0 bridgehead atoms. The number of carbonyl (C=O) groups excluding carboxylic acids is 1. The molecule has 1 aromatic heterocycles. The topological polar surface area (TPSA) is 85.4 Å². The van der Waals surface area contributed by atoms with Crippen molar-refractivity contribution in [2.75, 3.05) is 0 Å². The summed E-state index contributed by atoms with van der Waals surface area (Å²) in [5.41, 5.74) is 0.600. The van der Waals surface area contributed by atoms with Crippen LogP contribution in [0.25, 0.3) is 17.4 Å². The Bertz CT molecular complexity index is 900. The molecule has 0 saturated carbocycles. The first-order valence-corrected chi connectivity index (χ1v) is 9.14. The molecular weight excluding hydrogens is 484 g/mol. The summed E-state index contributed by atoms with van der Waals surface area (Å²) in [4.78, 5) is 22.5. The number of benzene rings is 1. The van der Waals surface area contributed by atoms with E-state index in [4.69, 9.17) is 16.6 Å². The summed E-state index contributed by atoms with van der Waals surface area (Å²) in [6.45, 7) is 0. The molecule has 1 aromatic carbocycles. The third-order valence-corrected chi connectivity index (χ3v) is 5.44. The van der Waals surface area contributed by atoms with Crippen LogP contribution in [0.3, 0.4) is 0 Å². The van der Waals surface area contributed by atoms with Gasteiger partial charge in [0.25, 0.3) is 11.6 Å². The van der Waals surface area contributed by atoms with Crippen molar-refractivity contribution in [2.24, 2.45) is 0 Å². The van der Waals surface area contributed by atoms with E-state index in [-0.39, 0.29) is 11.6 Å². The molecule has 1 N–H and O–H groups in total. The van der Waals surface area contributed by atoms with Crippen LogP contribution >= 0.6 is 55.8 Å². The van der Waals surface area contributed by atoms with Crippen molar-refractivity contribution in [1.82, 2.24) is 5.32 Å². The Kier molecular flexibility index (Phi) is 4.90. The second-order valence-electron chi connectivity index (χ2n) is 4.60. The van der Waals surface area contributed by atoms with E-state index in [1.807, 2.05) is 0 Å². The Hall–Kier alpha value is -1.49. The zero-order valence-electron chi connectivity index (χ0n) is 11.5. The van der Waals surface area contributed by atoms with Gasteiger partial charge in [0.1, 0.15) is 15.8 Å². The minimum atomic E-state index is -0.476. The lowest BCUT2D eigenvalue weighted by Crippen LogP contribution is -2.17. The molecule has 2 aromatic rings. The first-order valence-electron chi connectivity index (χ1n) is 6.33. The Labute approximate surface area is 162 Å². The average molecular weight is 490 g/mol. The highest BCUT2D eigenvalue weighted by atomic mass is 79.9. The number of nitro groups is 1. The number of hydrogen-bond donors (Lipinski definition) is 1. The number of rotatable bonds is 3. The normalized spacial score (nSPS) is 15.8. The SMILES string of the molecule is O=C1NC(=S)S/C1=C\c1ccc(-c2c(Br)cc([N+](=O)[O-])cc2Br)o1. The zero-order valence-corrected chi connectivity index (χ0v) is 16.3. The number of thioether (sulfide) groups is 1. The molecule has 0 radical (unpaired) electrons. The quantitative estimate of drug-likeness (QED) is 0.286. The molecule has 10 heteroatoms. The van der Waals surface area contributed by atoms with Gasteiger partial charge >= 0.3 is 0 Å². The number of nitrogens with zero attached hydrogens (tertiary/aromatic N) is 1. The van der Waals surface area contributed by atoms with Crippen LogP contribution in [0.1, 0.15) is 5.76 Å². The van der Waals surface area contributed by atoms with Crippen molar-refractivity contribution in [3.63, 3.8) is 0 Å². The van der Waals surface area contributed by atoms with E-state index in [1.54, 1.807) is 18.2 Å². The Morgan fingerprint density at radius 1 is 1.29 bits per heavy atom. The number of amides is 1. The zero-order chi connectivity index (χ0) is 17.4. The third kappa shape index (κ3) is 3.46. The number of nitrogens with one attached hydrogen (secondary N) is 1. The van der Waals surface area contributed by atoms with Gasteiger partial charge in [-0.2, -0.15) is 0 Å². The van der Waals surface area contributed by atoms with Gasteiger partial charge in [0.05, 0.1) is 9.83 Å². The number of hydrogen-bond acceptors (Lipinski definition) is 6. The van der Waals surface area contributed by atoms with Crippen LogP contribution in [0, 0.1) is 10.1 Å². The van der Waals surface area contributed by atoms with E-state index in [1.165, 1.54) is 12.1 Å². The molecular formula is C14H6Br2N2O4S2. The summed E-state index contributed by atoms with van der Waals surface area (Å²) in [6.07, 6.45) is 1.59. The van der Waals surface area contributed by atoms with Crippen molar-refractivity contribution in [1.29, 1.82) is 0 Å². The van der Waals surface area contributed by atoms with Gasteiger partial charge in [-0.1, -0.05) is 24.0 Å². The molecule has 1 aliphatic heterocycles. The minimum absolute atomic E-state index is 0.0427. The predicted molar refractivity (Wildman–Crippen MR) is 103 cm³/mol. The standard InChI is InChI=1S/C14H6Br2N2O4S2/c15-8-3-6(18(20)21)4-9(16)12(8)10-2-1-7(22-10)5-11-13(19)17-14(23)24-11/h1-5H,(H,17,19,23)/b11-5-. The van der Waals surface area contributed by atoms with E-state index >= 15 is 0 Å². The second-order valence-corrected chi connectivity index (χ2v) is 8.02. The van der Waals surface area contributed by atoms with Crippen LogP contribution < -0.4 is 5.32 Å². The van der Waals surface area contributed by atoms with Crippen LogP contribution in [0.15, 0.2) is 42.5 Å². The summed E-state index contributed by atoms with van der Waals surface area (Å²) in [6, 6.07) is 6.23. The molecule has 6 nitrogen and oxygen atoms in total. The van der Waals surface area contributed by atoms with Gasteiger partial charge in [-0.3, -0.25) is 14.9 Å². The maximum absolute atomic E-state index is 11.7. The van der Waals surface area contributed by atoms with Crippen molar-refractivity contribution in [3.8, 4) is 11.3 Å². The highest BCUT2D eigenvalue weighted by Gasteiger charge is 2.23. The molecule has 24 heavy (non-hydrogen) atoms. The number of non-ortho nitro benzene ring substituents is 1. The van der Waals surface area contributed by atoms with Crippen molar-refractivity contribution < 1.29 is 14.1 Å². The summed E-state index contributed by atoms with van der Waals surface area (Å²) in [5.74, 6) is 0.714. The lowest BCUT2D eigenvalue weighted by molar-refractivity contribution is -0.385. The first kappa shape index (κ1) is 17.3. The fourth-order valence-electron chi connectivity index (χ4n) is 2.02. The van der Waals surface area contributed by atoms with E-state index < -0.39 is 4.92 Å². The number of thiocarbonyl (C=S) groups is 1. The lowest BCUT2D eigenvalue weighted by atomic mass is 10.1. The fourth-order valence-corrected chi connectivity index (χ4v) is 4.59. The summed E-state index contributed by atoms with van der Waals surface area (Å²) in [5, 5.41) is 13.4. The largest absolute Gasteiger partial charge is 0.457 e. The fraction of sp³-hybridized carbons (Fsp3) is 0. The molecule has 1 saturated heterocycles. The molecule has 1 fully saturated rings. The number of nitro benzene ring substituents is 1. The van der Waals surface area contributed by atoms with Crippen LogP contribution in [-0.4, -0.2) is 15.2 Å². The van der Waals surface area contributed by atoms with Crippen molar-refractivity contribution in [2.45, 2.75) is 0 Å². The lowest BCUT2D eigenvalue weighted by Gasteiger charge is -2.04. The smallest absolute Gasteiger partial charge is 0.271 e. The second kappa shape index (κ2) is 6.79. The van der Waals surface area contributed by atoms with Crippen LogP contribution in [-0.2, 0) is 4.79 Å². The van der Waals surface area contributed by atoms with E-state index in [9.17, 15) is 14.9 Å². The summed E-state index contributed by atoms with van der Waals surface area (Å²) >= 11 is 12.7. The monoisotopic (exact) mass is 488 g/mol. The molecule has 0 atom stereocenters. The molecule has 1 aliphatic rings. The minimum Gasteiger partial charge on any atom is -0.457 e. The van der Waals surface area contributed by atoms with Crippen LogP contribution in [0.2, 0.25) is 0 Å². The highest BCUT2D eigenvalue weighted by molar-refractivity contribution is 9.11. The maximum Gasteiger partial charge on any atom is 0.271 e. The van der Waals surface area contributed by atoms with E-state index in [0.29, 0.717) is 35.3 Å². The molecule has 0 aliphatic carbocycles. The van der Waals surface area contributed by atoms with Gasteiger partial charge in [-0.15, -0.1) is 0 Å². The maximum atomic E-state index is 11.7. The van der Waals surface area contributed by atoms with E-state index in [0.717, 1.165) is 11.8 Å². The van der Waals surface area contributed by atoms with Gasteiger partial charge in [-0.05, 0) is 44.0 Å². The summed E-state index contributed by atoms with van der Waals surface area (Å²) < 4.78 is 7.18.